The fourth-order valence-corrected chi connectivity index (χ4v) is 0.821. The molecule has 0 N–H and O–H groups in total. The molecule has 0 aliphatic carbocycles. The number of nitrogens with zero attached hydrogens (tertiary/aromatic N) is 4. The zero-order chi connectivity index (χ0) is 9.68. The van der Waals surface area contributed by atoms with E-state index in [-0.39, 0.29) is 5.82 Å². The number of methoxy groups -OCH3 is 2. The van der Waals surface area contributed by atoms with Crippen LogP contribution >= 0.6 is 0 Å². The summed E-state index contributed by atoms with van der Waals surface area (Å²) in [7, 11) is 2.97. The minimum absolute atomic E-state index is 0.250. The number of pyridine rings is 1. The van der Waals surface area contributed by atoms with Crippen LogP contribution in [0.3, 0.4) is 0 Å². The number of azide groups is 1. The Balaban J connectivity index is 3.12. The van der Waals surface area contributed by atoms with Gasteiger partial charge in [0, 0.05) is 4.91 Å². The molecule has 1 heterocycles. The summed E-state index contributed by atoms with van der Waals surface area (Å²) in [5.74, 6) is 1.05. The molecule has 0 aliphatic heterocycles. The van der Waals surface area contributed by atoms with Gasteiger partial charge in [0.1, 0.15) is 5.82 Å². The second-order valence-electron chi connectivity index (χ2n) is 2.07. The van der Waals surface area contributed by atoms with Crippen molar-refractivity contribution >= 4 is 5.82 Å². The molecule has 0 aromatic carbocycles. The number of ether oxygens (including phenoxy) is 2. The highest BCUT2D eigenvalue weighted by Gasteiger charge is 2.04. The van der Waals surface area contributed by atoms with Crippen LogP contribution in [0.15, 0.2) is 17.2 Å². The molecule has 1 rings (SSSR count). The molecule has 0 atom stereocenters. The topological polar surface area (TPSA) is 80.1 Å². The van der Waals surface area contributed by atoms with Crippen molar-refractivity contribution < 1.29 is 9.47 Å². The fourth-order valence-electron chi connectivity index (χ4n) is 0.821. The maximum absolute atomic E-state index is 8.16. The molecule has 0 saturated carbocycles. The van der Waals surface area contributed by atoms with Crippen molar-refractivity contribution in [2.75, 3.05) is 14.2 Å². The molecule has 0 bridgehead atoms. The van der Waals surface area contributed by atoms with Gasteiger partial charge in [-0.25, -0.2) is 4.98 Å². The van der Waals surface area contributed by atoms with Gasteiger partial charge < -0.3 is 9.47 Å². The molecule has 0 fully saturated rings. The van der Waals surface area contributed by atoms with E-state index < -0.39 is 0 Å². The summed E-state index contributed by atoms with van der Waals surface area (Å²) in [6.07, 6.45) is 0. The van der Waals surface area contributed by atoms with Crippen LogP contribution in [0.25, 0.3) is 10.4 Å². The van der Waals surface area contributed by atoms with Crippen LogP contribution in [-0.2, 0) is 0 Å². The van der Waals surface area contributed by atoms with E-state index in [0.29, 0.717) is 11.6 Å². The maximum atomic E-state index is 8.16. The number of hydrogen-bond acceptors (Lipinski definition) is 4. The summed E-state index contributed by atoms with van der Waals surface area (Å²) >= 11 is 0. The van der Waals surface area contributed by atoms with Crippen LogP contribution in [0.5, 0.6) is 11.6 Å². The van der Waals surface area contributed by atoms with Crippen molar-refractivity contribution in [1.82, 2.24) is 4.98 Å². The Bertz CT molecular complexity index is 346. The third-order valence-corrected chi connectivity index (χ3v) is 1.37. The second kappa shape index (κ2) is 4.18. The van der Waals surface area contributed by atoms with Gasteiger partial charge in [-0.05, 0) is 22.8 Å². The third-order valence-electron chi connectivity index (χ3n) is 1.37. The molecular formula is C7H8N4O2. The Morgan fingerprint density at radius 2 is 2.15 bits per heavy atom. The van der Waals surface area contributed by atoms with Gasteiger partial charge in [0.15, 0.2) is 5.75 Å². The standard InChI is InChI=1S/C7H8N4O2/c1-12-5-3-4-6(10-11-8)9-7(5)13-2/h3-4H,1-2H3. The van der Waals surface area contributed by atoms with Crippen LogP contribution in [0.4, 0.5) is 5.82 Å². The molecular weight excluding hydrogens is 172 g/mol. The smallest absolute Gasteiger partial charge is 0.257 e. The SMILES string of the molecule is COc1ccc(N=[N+]=[N-])nc1OC. The molecule has 0 amide bonds. The zero-order valence-corrected chi connectivity index (χ0v) is 7.26. The molecule has 68 valence electrons. The summed E-state index contributed by atoms with van der Waals surface area (Å²) in [6.45, 7) is 0. The summed E-state index contributed by atoms with van der Waals surface area (Å²) in [5.41, 5.74) is 8.16. The molecule has 0 saturated heterocycles. The van der Waals surface area contributed by atoms with E-state index in [1.54, 1.807) is 12.1 Å². The minimum Gasteiger partial charge on any atom is -0.491 e. The summed E-state index contributed by atoms with van der Waals surface area (Å²) in [6, 6.07) is 3.16. The van der Waals surface area contributed by atoms with Crippen molar-refractivity contribution in [3.63, 3.8) is 0 Å². The zero-order valence-electron chi connectivity index (χ0n) is 7.26. The molecule has 0 radical (unpaired) electrons. The third kappa shape index (κ3) is 2.00. The van der Waals surface area contributed by atoms with E-state index in [1.165, 1.54) is 14.2 Å². The average Bonchev–Trinajstić information content (AvgIpc) is 2.18. The molecule has 1 aromatic heterocycles. The number of aromatic nitrogens is 1. The van der Waals surface area contributed by atoms with Gasteiger partial charge in [0.25, 0.3) is 5.88 Å². The van der Waals surface area contributed by atoms with Crippen molar-refractivity contribution in [3.05, 3.63) is 22.6 Å². The van der Waals surface area contributed by atoms with Gasteiger partial charge in [-0.1, -0.05) is 0 Å². The molecule has 6 nitrogen and oxygen atoms in total. The molecule has 0 spiro atoms. The summed E-state index contributed by atoms with van der Waals surface area (Å²) in [4.78, 5) is 6.49. The highest BCUT2D eigenvalue weighted by atomic mass is 16.5. The lowest BCUT2D eigenvalue weighted by Crippen LogP contribution is -1.92. The van der Waals surface area contributed by atoms with Gasteiger partial charge in [-0.2, -0.15) is 0 Å². The van der Waals surface area contributed by atoms with Crippen LogP contribution in [-0.4, -0.2) is 19.2 Å². The number of hydrogen-bond donors (Lipinski definition) is 0. The predicted molar refractivity (Wildman–Crippen MR) is 46.1 cm³/mol. The summed E-state index contributed by atoms with van der Waals surface area (Å²) in [5, 5.41) is 3.32. The van der Waals surface area contributed by atoms with Crippen LogP contribution in [0, 0.1) is 0 Å². The van der Waals surface area contributed by atoms with Gasteiger partial charge in [0.2, 0.25) is 0 Å². The van der Waals surface area contributed by atoms with Gasteiger partial charge in [-0.15, -0.1) is 0 Å². The van der Waals surface area contributed by atoms with E-state index in [2.05, 4.69) is 15.0 Å². The van der Waals surface area contributed by atoms with E-state index >= 15 is 0 Å². The highest BCUT2D eigenvalue weighted by Crippen LogP contribution is 2.26. The Hall–Kier alpha value is -1.94. The first-order chi connectivity index (χ1) is 6.31. The van der Waals surface area contributed by atoms with Gasteiger partial charge >= 0.3 is 0 Å². The Morgan fingerprint density at radius 3 is 2.69 bits per heavy atom. The highest BCUT2D eigenvalue weighted by molar-refractivity contribution is 5.41. The van der Waals surface area contributed by atoms with Crippen molar-refractivity contribution in [1.29, 1.82) is 0 Å². The monoisotopic (exact) mass is 180 g/mol. The van der Waals surface area contributed by atoms with E-state index in [0.717, 1.165) is 0 Å². The van der Waals surface area contributed by atoms with Crippen LogP contribution in [0.1, 0.15) is 0 Å². The van der Waals surface area contributed by atoms with Crippen molar-refractivity contribution in [2.24, 2.45) is 5.11 Å². The molecule has 1 aromatic rings. The minimum atomic E-state index is 0.250. The normalized spacial score (nSPS) is 8.77. The average molecular weight is 180 g/mol. The van der Waals surface area contributed by atoms with E-state index in [4.69, 9.17) is 15.0 Å². The first-order valence-electron chi connectivity index (χ1n) is 3.46. The van der Waals surface area contributed by atoms with Crippen molar-refractivity contribution in [3.8, 4) is 11.6 Å². The van der Waals surface area contributed by atoms with Gasteiger partial charge in [-0.3, -0.25) is 0 Å². The lowest BCUT2D eigenvalue weighted by molar-refractivity contribution is 0.343. The molecule has 6 heteroatoms. The van der Waals surface area contributed by atoms with E-state index in [9.17, 15) is 0 Å². The number of rotatable bonds is 3. The lowest BCUT2D eigenvalue weighted by atomic mass is 10.4. The molecule has 13 heavy (non-hydrogen) atoms. The Morgan fingerprint density at radius 1 is 1.38 bits per heavy atom. The summed E-state index contributed by atoms with van der Waals surface area (Å²) < 4.78 is 9.85. The molecule has 0 aliphatic rings. The van der Waals surface area contributed by atoms with Gasteiger partial charge in [0.05, 0.1) is 14.2 Å². The largest absolute Gasteiger partial charge is 0.491 e. The lowest BCUT2D eigenvalue weighted by Gasteiger charge is -2.05. The van der Waals surface area contributed by atoms with E-state index in [1.807, 2.05) is 0 Å². The second-order valence-corrected chi connectivity index (χ2v) is 2.07. The molecule has 0 unspecified atom stereocenters. The first-order valence-corrected chi connectivity index (χ1v) is 3.46. The van der Waals surface area contributed by atoms with Crippen molar-refractivity contribution in [2.45, 2.75) is 0 Å². The first kappa shape index (κ1) is 9.15. The van der Waals surface area contributed by atoms with Crippen LogP contribution in [0.2, 0.25) is 0 Å². The quantitative estimate of drug-likeness (QED) is 0.405. The predicted octanol–water partition coefficient (Wildman–Crippen LogP) is 2.04. The maximum Gasteiger partial charge on any atom is 0.257 e. The Kier molecular flexibility index (Phi) is 2.94. The fraction of sp³-hybridized carbons (Fsp3) is 0.286. The van der Waals surface area contributed by atoms with Crippen LogP contribution < -0.4 is 9.47 Å². The Labute approximate surface area is 74.7 Å².